The summed E-state index contributed by atoms with van der Waals surface area (Å²) in [6, 6.07) is 5.08. The van der Waals surface area contributed by atoms with Gasteiger partial charge in [-0.05, 0) is 25.1 Å². The monoisotopic (exact) mass is 455 g/mol. The number of H-pyrrole nitrogens is 1. The number of fused-ring (bicyclic) bond motifs is 1. The number of ether oxygens (including phenoxy) is 2. The maximum absolute atomic E-state index is 12.7. The molecule has 1 atom stereocenters. The molecule has 0 saturated carbocycles. The molecule has 0 radical (unpaired) electrons. The Labute approximate surface area is 180 Å². The van der Waals surface area contributed by atoms with Crippen molar-refractivity contribution in [3.8, 4) is 0 Å². The number of aliphatic carboxylic acids is 1. The summed E-state index contributed by atoms with van der Waals surface area (Å²) in [5.41, 5.74) is 0.938. The maximum atomic E-state index is 12.7. The van der Waals surface area contributed by atoms with Gasteiger partial charge in [-0.2, -0.15) is 5.10 Å². The van der Waals surface area contributed by atoms with Crippen LogP contribution in [0.4, 0.5) is 11.6 Å². The van der Waals surface area contributed by atoms with Crippen LogP contribution < -0.4 is 10.5 Å². The summed E-state index contributed by atoms with van der Waals surface area (Å²) in [4.78, 5) is 32.0. The second kappa shape index (κ2) is 9.43. The first-order valence-corrected chi connectivity index (χ1v) is 9.61. The van der Waals surface area contributed by atoms with E-state index in [9.17, 15) is 9.59 Å². The predicted octanol–water partition coefficient (Wildman–Crippen LogP) is 2.83. The normalized spacial score (nSPS) is 12.3. The van der Waals surface area contributed by atoms with Gasteiger partial charge in [-0.3, -0.25) is 9.78 Å². The Morgan fingerprint density at radius 1 is 1.33 bits per heavy atom. The molecular formula is C18H19Cl2N5O5. The molecule has 0 saturated heterocycles. The highest BCUT2D eigenvalue weighted by atomic mass is 35.5. The van der Waals surface area contributed by atoms with Crippen molar-refractivity contribution >= 4 is 51.8 Å². The zero-order chi connectivity index (χ0) is 21.8. The molecule has 2 heterocycles. The zero-order valence-corrected chi connectivity index (χ0v) is 17.6. The number of carbonyl (C=O) groups is 1. The molecule has 0 spiro atoms. The quantitative estimate of drug-likeness (QED) is 0.472. The lowest BCUT2D eigenvalue weighted by atomic mass is 10.3. The predicted molar refractivity (Wildman–Crippen MR) is 112 cm³/mol. The average molecular weight is 456 g/mol. The lowest BCUT2D eigenvalue weighted by Gasteiger charge is -2.18. The van der Waals surface area contributed by atoms with Crippen molar-refractivity contribution in [3.63, 3.8) is 0 Å². The van der Waals surface area contributed by atoms with Crippen LogP contribution in [0, 0.1) is 0 Å². The molecule has 3 aromatic rings. The minimum Gasteiger partial charge on any atom is -0.480 e. The molecule has 10 nitrogen and oxygen atoms in total. The third-order valence-corrected chi connectivity index (χ3v) is 4.95. The van der Waals surface area contributed by atoms with Crippen molar-refractivity contribution in [2.24, 2.45) is 0 Å². The van der Waals surface area contributed by atoms with E-state index in [1.54, 1.807) is 37.1 Å². The van der Waals surface area contributed by atoms with E-state index in [2.05, 4.69) is 15.1 Å². The van der Waals surface area contributed by atoms with Crippen molar-refractivity contribution in [1.29, 1.82) is 0 Å². The Bertz CT molecular complexity index is 1120. The highest BCUT2D eigenvalue weighted by Crippen LogP contribution is 2.29. The fourth-order valence-corrected chi connectivity index (χ4v) is 3.01. The number of benzene rings is 1. The summed E-state index contributed by atoms with van der Waals surface area (Å²) in [7, 11) is 1.73. The molecular weight excluding hydrogens is 437 g/mol. The summed E-state index contributed by atoms with van der Waals surface area (Å²) in [5, 5.41) is 13.5. The van der Waals surface area contributed by atoms with Crippen LogP contribution in [0.5, 0.6) is 0 Å². The van der Waals surface area contributed by atoms with Crippen LogP contribution in [0.1, 0.15) is 13.2 Å². The van der Waals surface area contributed by atoms with Crippen LogP contribution in [0.2, 0.25) is 10.0 Å². The highest BCUT2D eigenvalue weighted by molar-refractivity contribution is 6.42. The van der Waals surface area contributed by atoms with E-state index in [0.717, 1.165) is 0 Å². The van der Waals surface area contributed by atoms with Gasteiger partial charge in [0.15, 0.2) is 5.52 Å². The van der Waals surface area contributed by atoms with E-state index in [1.807, 2.05) is 0 Å². The van der Waals surface area contributed by atoms with Gasteiger partial charge in [0.1, 0.15) is 18.4 Å². The van der Waals surface area contributed by atoms with Crippen molar-refractivity contribution in [3.05, 3.63) is 44.8 Å². The van der Waals surface area contributed by atoms with Gasteiger partial charge in [0.2, 0.25) is 5.95 Å². The Morgan fingerprint density at radius 2 is 2.10 bits per heavy atom. The van der Waals surface area contributed by atoms with E-state index < -0.39 is 24.4 Å². The van der Waals surface area contributed by atoms with E-state index in [4.69, 9.17) is 37.8 Å². The van der Waals surface area contributed by atoms with Crippen LogP contribution in [0.15, 0.2) is 29.2 Å². The van der Waals surface area contributed by atoms with Crippen molar-refractivity contribution in [2.75, 3.05) is 31.8 Å². The number of rotatable bonds is 9. The van der Waals surface area contributed by atoms with Gasteiger partial charge < -0.3 is 19.5 Å². The van der Waals surface area contributed by atoms with Gasteiger partial charge in [-0.1, -0.05) is 23.2 Å². The van der Waals surface area contributed by atoms with Gasteiger partial charge in [0.25, 0.3) is 5.56 Å². The number of carboxylic acids is 1. The summed E-state index contributed by atoms with van der Waals surface area (Å²) < 4.78 is 11.9. The van der Waals surface area contributed by atoms with Crippen molar-refractivity contribution in [1.82, 2.24) is 19.7 Å². The molecule has 0 aliphatic heterocycles. The highest BCUT2D eigenvalue weighted by Gasteiger charge is 2.17. The van der Waals surface area contributed by atoms with Crippen LogP contribution in [-0.2, 0) is 14.3 Å². The number of hydrogen-bond donors (Lipinski definition) is 2. The number of carboxylic acid groups (broad SMARTS) is 1. The molecule has 0 bridgehead atoms. The van der Waals surface area contributed by atoms with Gasteiger partial charge in [-0.15, -0.1) is 0 Å². The number of hydrogen-bond acceptors (Lipinski definition) is 7. The maximum Gasteiger partial charge on any atom is 0.329 e. The Balaban J connectivity index is 1.78. The van der Waals surface area contributed by atoms with Crippen LogP contribution in [0.3, 0.4) is 0 Å². The van der Waals surface area contributed by atoms with Crippen LogP contribution >= 0.6 is 23.2 Å². The molecule has 1 aromatic carbocycles. The standard InChI is InChI=1S/C18H19Cl2N5O5/c1-10(30-6-5-29-9-15(26)27)25-16-14(8-21-25)22-18(23-17(16)28)24(2)11-3-4-12(19)13(20)7-11/h3-4,7-8,10H,5-6,9H2,1-2H3,(H,26,27)(H,22,23,28). The summed E-state index contributed by atoms with van der Waals surface area (Å²) in [6.45, 7) is 1.54. The van der Waals surface area contributed by atoms with Crippen molar-refractivity contribution < 1.29 is 19.4 Å². The molecule has 0 aliphatic rings. The lowest BCUT2D eigenvalue weighted by Crippen LogP contribution is -2.22. The molecule has 1 unspecified atom stereocenters. The fourth-order valence-electron chi connectivity index (χ4n) is 2.72. The smallest absolute Gasteiger partial charge is 0.329 e. The molecule has 160 valence electrons. The van der Waals surface area contributed by atoms with Gasteiger partial charge >= 0.3 is 5.97 Å². The third-order valence-electron chi connectivity index (χ3n) is 4.21. The Morgan fingerprint density at radius 3 is 2.80 bits per heavy atom. The third kappa shape index (κ3) is 4.90. The number of aromatic amines is 1. The Kier molecular flexibility index (Phi) is 6.93. The molecule has 3 rings (SSSR count). The SMILES string of the molecule is CC(OCCOCC(=O)O)n1ncc2nc(N(C)c3ccc(Cl)c(Cl)c3)[nH]c(=O)c21. The summed E-state index contributed by atoms with van der Waals surface area (Å²) in [6.07, 6.45) is 0.884. The Hall–Kier alpha value is -2.66. The molecule has 0 aliphatic carbocycles. The largest absolute Gasteiger partial charge is 0.480 e. The lowest BCUT2D eigenvalue weighted by molar-refractivity contribution is -0.143. The van der Waals surface area contributed by atoms with Gasteiger partial charge in [0, 0.05) is 12.7 Å². The second-order valence-corrected chi connectivity index (χ2v) is 7.10. The fraction of sp³-hybridized carbons (Fsp3) is 0.333. The van der Waals surface area contributed by atoms with E-state index in [1.165, 1.54) is 10.9 Å². The molecule has 0 amide bonds. The van der Waals surface area contributed by atoms with Gasteiger partial charge in [0.05, 0.1) is 29.5 Å². The number of aromatic nitrogens is 4. The first kappa shape index (κ1) is 22.0. The van der Waals surface area contributed by atoms with Crippen LogP contribution in [0.25, 0.3) is 11.0 Å². The second-order valence-electron chi connectivity index (χ2n) is 6.29. The van der Waals surface area contributed by atoms with E-state index >= 15 is 0 Å². The zero-order valence-electron chi connectivity index (χ0n) is 16.1. The minimum absolute atomic E-state index is 0.100. The molecule has 0 fully saturated rings. The van der Waals surface area contributed by atoms with Crippen LogP contribution in [-0.4, -0.2) is 57.7 Å². The topological polar surface area (TPSA) is 123 Å². The average Bonchev–Trinajstić information content (AvgIpc) is 3.13. The van der Waals surface area contributed by atoms with Crippen molar-refractivity contribution in [2.45, 2.75) is 13.2 Å². The molecule has 2 aromatic heterocycles. The number of anilines is 2. The molecule has 30 heavy (non-hydrogen) atoms. The molecule has 12 heteroatoms. The van der Waals surface area contributed by atoms with E-state index in [0.29, 0.717) is 27.2 Å². The number of nitrogens with zero attached hydrogens (tertiary/aromatic N) is 4. The van der Waals surface area contributed by atoms with E-state index in [-0.39, 0.29) is 18.7 Å². The van der Waals surface area contributed by atoms with Gasteiger partial charge in [-0.25, -0.2) is 14.5 Å². The number of nitrogens with one attached hydrogen (secondary N) is 1. The summed E-state index contributed by atoms with van der Waals surface area (Å²) >= 11 is 12.0. The number of halogens is 2. The summed E-state index contributed by atoms with van der Waals surface area (Å²) in [5.74, 6) is -0.749. The first-order chi connectivity index (χ1) is 14.3. The molecule has 2 N–H and O–H groups in total. The minimum atomic E-state index is -1.06. The first-order valence-electron chi connectivity index (χ1n) is 8.85.